The van der Waals surface area contributed by atoms with Crippen molar-refractivity contribution in [2.24, 2.45) is 0 Å². The molecule has 0 aliphatic carbocycles. The van der Waals surface area contributed by atoms with Crippen LogP contribution in [0.15, 0.2) is 0 Å². The molecular weight excluding hydrogens is 191 g/mol. The predicted octanol–water partition coefficient (Wildman–Crippen LogP) is -2.65. The molecule has 0 spiro atoms. The molecule has 0 fully saturated rings. The van der Waals surface area contributed by atoms with Gasteiger partial charge in [0.25, 0.3) is 0 Å². The zero-order valence-corrected chi connectivity index (χ0v) is 10.6. The van der Waals surface area contributed by atoms with Crippen LogP contribution in [0.1, 0.15) is 20.3 Å². The molecule has 0 heterocycles. The molecule has 0 saturated heterocycles. The Bertz CT molecular complexity index is 190. The van der Waals surface area contributed by atoms with Crippen LogP contribution in [-0.2, 0) is 14.9 Å². The van der Waals surface area contributed by atoms with Gasteiger partial charge in [-0.1, -0.05) is 6.92 Å². The minimum Gasteiger partial charge on any atom is -0.748 e. The van der Waals surface area contributed by atoms with Gasteiger partial charge in [0.1, 0.15) is 0 Å². The summed E-state index contributed by atoms with van der Waals surface area (Å²) in [5.74, 6) is -0.433. The van der Waals surface area contributed by atoms with Gasteiger partial charge in [0.15, 0.2) is 0 Å². The van der Waals surface area contributed by atoms with E-state index in [9.17, 15) is 13.0 Å². The number of rotatable bonds is 5. The second-order valence-electron chi connectivity index (χ2n) is 2.35. The molecule has 68 valence electrons. The Hall–Kier alpha value is 0.870. The standard InChI is InChI=1S/C6H14O4S.Na/c1-3-6(2)10-4-5-11(7,8)9;/h6H,3-5H2,1-2H3,(H,7,8,9);/q;+1/p-1. The molecular formula is C6H13NaO4S. The van der Waals surface area contributed by atoms with Gasteiger partial charge in [-0.2, -0.15) is 0 Å². The molecule has 0 amide bonds. The van der Waals surface area contributed by atoms with E-state index in [2.05, 4.69) is 0 Å². The van der Waals surface area contributed by atoms with Crippen LogP contribution >= 0.6 is 0 Å². The molecule has 1 unspecified atom stereocenters. The fourth-order valence-corrected chi connectivity index (χ4v) is 0.770. The summed E-state index contributed by atoms with van der Waals surface area (Å²) in [4.78, 5) is 0. The van der Waals surface area contributed by atoms with Gasteiger partial charge in [0.05, 0.1) is 28.6 Å². The van der Waals surface area contributed by atoms with Crippen molar-refractivity contribution in [2.75, 3.05) is 12.4 Å². The third kappa shape index (κ3) is 10.9. The summed E-state index contributed by atoms with van der Waals surface area (Å²) in [6.45, 7) is 3.76. The summed E-state index contributed by atoms with van der Waals surface area (Å²) in [5, 5.41) is 0. The van der Waals surface area contributed by atoms with Crippen molar-refractivity contribution in [2.45, 2.75) is 26.4 Å². The fraction of sp³-hybridized carbons (Fsp3) is 1.00. The monoisotopic (exact) mass is 204 g/mol. The molecule has 1 atom stereocenters. The van der Waals surface area contributed by atoms with Crippen molar-refractivity contribution in [3.63, 3.8) is 0 Å². The van der Waals surface area contributed by atoms with E-state index >= 15 is 0 Å². The number of hydrogen-bond donors (Lipinski definition) is 0. The molecule has 0 aromatic carbocycles. The van der Waals surface area contributed by atoms with E-state index in [0.29, 0.717) is 0 Å². The first kappa shape index (κ1) is 15.3. The summed E-state index contributed by atoms with van der Waals surface area (Å²) < 4.78 is 35.2. The van der Waals surface area contributed by atoms with E-state index in [1.54, 1.807) is 0 Å². The molecule has 0 radical (unpaired) electrons. The van der Waals surface area contributed by atoms with Gasteiger partial charge >= 0.3 is 29.6 Å². The van der Waals surface area contributed by atoms with Crippen LogP contribution in [0.4, 0.5) is 0 Å². The first-order valence-corrected chi connectivity index (χ1v) is 5.08. The molecule has 0 rings (SSSR count). The minimum absolute atomic E-state index is 0. The Balaban J connectivity index is 0. The zero-order valence-electron chi connectivity index (χ0n) is 7.74. The van der Waals surface area contributed by atoms with Crippen molar-refractivity contribution in [1.82, 2.24) is 0 Å². The third-order valence-corrected chi connectivity index (χ3v) is 1.98. The Morgan fingerprint density at radius 2 is 2.00 bits per heavy atom. The van der Waals surface area contributed by atoms with Gasteiger partial charge in [-0.3, -0.25) is 0 Å². The molecule has 0 saturated carbocycles. The van der Waals surface area contributed by atoms with Crippen molar-refractivity contribution < 1.29 is 47.3 Å². The molecule has 4 nitrogen and oxygen atoms in total. The molecule has 0 aliphatic rings. The van der Waals surface area contributed by atoms with Crippen LogP contribution in [0.3, 0.4) is 0 Å². The van der Waals surface area contributed by atoms with Gasteiger partial charge in [-0.15, -0.1) is 0 Å². The zero-order chi connectivity index (χ0) is 8.91. The summed E-state index contributed by atoms with van der Waals surface area (Å²) in [6.07, 6.45) is 0.843. The van der Waals surface area contributed by atoms with Crippen LogP contribution in [0.2, 0.25) is 0 Å². The van der Waals surface area contributed by atoms with E-state index in [0.717, 1.165) is 6.42 Å². The van der Waals surface area contributed by atoms with Crippen LogP contribution in [0.25, 0.3) is 0 Å². The quantitative estimate of drug-likeness (QED) is 0.362. The van der Waals surface area contributed by atoms with Crippen LogP contribution in [-0.4, -0.2) is 31.4 Å². The second-order valence-corrected chi connectivity index (χ2v) is 3.88. The maximum absolute atomic E-state index is 10.1. The van der Waals surface area contributed by atoms with Crippen molar-refractivity contribution in [1.29, 1.82) is 0 Å². The Labute approximate surface area is 95.7 Å². The maximum Gasteiger partial charge on any atom is 1.00 e. The SMILES string of the molecule is CCC(C)OCCS(=O)(=O)[O-].[Na+]. The molecule has 0 aromatic heterocycles. The van der Waals surface area contributed by atoms with Gasteiger partial charge in [0.2, 0.25) is 0 Å². The number of ether oxygens (including phenoxy) is 1. The first-order chi connectivity index (χ1) is 4.95. The fourth-order valence-electron chi connectivity index (χ4n) is 0.469. The molecule has 12 heavy (non-hydrogen) atoms. The molecule has 0 aliphatic heterocycles. The van der Waals surface area contributed by atoms with Crippen LogP contribution < -0.4 is 29.6 Å². The maximum atomic E-state index is 10.1. The third-order valence-electron chi connectivity index (χ3n) is 1.31. The minimum atomic E-state index is -4.10. The Morgan fingerprint density at radius 1 is 1.50 bits per heavy atom. The average Bonchev–Trinajstić information content (AvgIpc) is 1.85. The van der Waals surface area contributed by atoms with Crippen molar-refractivity contribution >= 4 is 10.1 Å². The second kappa shape index (κ2) is 7.29. The summed E-state index contributed by atoms with van der Waals surface area (Å²) >= 11 is 0. The van der Waals surface area contributed by atoms with Gasteiger partial charge < -0.3 is 9.29 Å². The van der Waals surface area contributed by atoms with Gasteiger partial charge in [0, 0.05) is 0 Å². The predicted molar refractivity (Wildman–Crippen MR) is 40.3 cm³/mol. The molecule has 6 heteroatoms. The topological polar surface area (TPSA) is 66.4 Å². The van der Waals surface area contributed by atoms with Crippen molar-refractivity contribution in [3.8, 4) is 0 Å². The van der Waals surface area contributed by atoms with E-state index in [1.807, 2.05) is 13.8 Å². The summed E-state index contributed by atoms with van der Waals surface area (Å²) in [7, 11) is -4.10. The van der Waals surface area contributed by atoms with E-state index < -0.39 is 15.9 Å². The summed E-state index contributed by atoms with van der Waals surface area (Å²) in [6, 6.07) is 0. The Kier molecular flexibility index (Phi) is 9.32. The summed E-state index contributed by atoms with van der Waals surface area (Å²) in [5.41, 5.74) is 0. The van der Waals surface area contributed by atoms with Crippen LogP contribution in [0, 0.1) is 0 Å². The smallest absolute Gasteiger partial charge is 0.748 e. The first-order valence-electron chi connectivity index (χ1n) is 3.51. The van der Waals surface area contributed by atoms with E-state index in [4.69, 9.17) is 4.74 Å². The molecule has 0 aromatic rings. The van der Waals surface area contributed by atoms with Gasteiger partial charge in [-0.05, 0) is 13.3 Å². The molecule has 0 bridgehead atoms. The largest absolute Gasteiger partial charge is 1.00 e. The van der Waals surface area contributed by atoms with Gasteiger partial charge in [-0.25, -0.2) is 8.42 Å². The van der Waals surface area contributed by atoms with Crippen molar-refractivity contribution in [3.05, 3.63) is 0 Å². The Morgan fingerprint density at radius 3 is 2.33 bits per heavy atom. The van der Waals surface area contributed by atoms with Crippen LogP contribution in [0.5, 0.6) is 0 Å². The average molecular weight is 204 g/mol. The van der Waals surface area contributed by atoms with E-state index in [1.165, 1.54) is 0 Å². The van der Waals surface area contributed by atoms with E-state index in [-0.39, 0.29) is 42.3 Å². The number of hydrogen-bond acceptors (Lipinski definition) is 4. The molecule has 0 N–H and O–H groups in total. The normalized spacial score (nSPS) is 13.6.